The molecule has 1 heterocycles. The Morgan fingerprint density at radius 2 is 1.72 bits per heavy atom. The maximum Gasteiger partial charge on any atom is 0.159 e. The average molecular weight is 343 g/mol. The van der Waals surface area contributed by atoms with Crippen molar-refractivity contribution in [1.29, 1.82) is 0 Å². The standard InChI is InChI=1S/C19H29N5O/c1-13(2)10-24(11-14(3)4)19-17(20)18(21-12-22-19)23-15-8-6-7-9-16(15)25-5/h6-9,12-14H,10-11,20H2,1-5H3,(H,21,22,23). The number of ether oxygens (including phenoxy) is 1. The van der Waals surface area contributed by atoms with Crippen LogP contribution in [-0.4, -0.2) is 30.2 Å². The van der Waals surface area contributed by atoms with Gasteiger partial charge < -0.3 is 20.7 Å². The molecule has 0 bridgehead atoms. The fourth-order valence-electron chi connectivity index (χ4n) is 2.74. The van der Waals surface area contributed by atoms with Crippen LogP contribution in [0.1, 0.15) is 27.7 Å². The molecular weight excluding hydrogens is 314 g/mol. The summed E-state index contributed by atoms with van der Waals surface area (Å²) >= 11 is 0. The first kappa shape index (κ1) is 18.8. The molecule has 1 aromatic carbocycles. The minimum atomic E-state index is 0.513. The first-order valence-corrected chi connectivity index (χ1v) is 8.67. The molecule has 0 atom stereocenters. The van der Waals surface area contributed by atoms with E-state index < -0.39 is 0 Å². The Morgan fingerprint density at radius 1 is 1.08 bits per heavy atom. The van der Waals surface area contributed by atoms with Crippen molar-refractivity contribution in [2.75, 3.05) is 36.1 Å². The molecule has 0 saturated heterocycles. The van der Waals surface area contributed by atoms with Gasteiger partial charge in [0.2, 0.25) is 0 Å². The summed E-state index contributed by atoms with van der Waals surface area (Å²) in [6, 6.07) is 7.68. The van der Waals surface area contributed by atoms with Crippen molar-refractivity contribution in [3.05, 3.63) is 30.6 Å². The van der Waals surface area contributed by atoms with Gasteiger partial charge in [0, 0.05) is 13.1 Å². The summed E-state index contributed by atoms with van der Waals surface area (Å²) in [5.74, 6) is 3.13. The topological polar surface area (TPSA) is 76.3 Å². The summed E-state index contributed by atoms with van der Waals surface area (Å²) in [5, 5.41) is 3.27. The molecule has 2 aromatic rings. The number of nitrogens with zero attached hydrogens (tertiary/aromatic N) is 3. The maximum atomic E-state index is 6.41. The van der Waals surface area contributed by atoms with E-state index in [2.05, 4.69) is 47.9 Å². The van der Waals surface area contributed by atoms with Gasteiger partial charge in [0.1, 0.15) is 17.8 Å². The molecule has 2 rings (SSSR count). The Hall–Kier alpha value is -2.50. The first-order valence-electron chi connectivity index (χ1n) is 8.67. The number of rotatable bonds is 8. The van der Waals surface area contributed by atoms with Gasteiger partial charge in [0.25, 0.3) is 0 Å². The number of nitrogen functional groups attached to an aromatic ring is 1. The molecule has 6 nitrogen and oxygen atoms in total. The normalized spacial score (nSPS) is 11.0. The summed E-state index contributed by atoms with van der Waals surface area (Å²) in [7, 11) is 1.64. The second kappa shape index (κ2) is 8.55. The number of anilines is 4. The van der Waals surface area contributed by atoms with Crippen molar-refractivity contribution in [2.45, 2.75) is 27.7 Å². The molecule has 0 unspecified atom stereocenters. The summed E-state index contributed by atoms with van der Waals surface area (Å²) in [4.78, 5) is 11.0. The lowest BCUT2D eigenvalue weighted by molar-refractivity contribution is 0.417. The van der Waals surface area contributed by atoms with E-state index in [4.69, 9.17) is 10.5 Å². The van der Waals surface area contributed by atoms with Gasteiger partial charge in [-0.05, 0) is 24.0 Å². The van der Waals surface area contributed by atoms with Crippen LogP contribution >= 0.6 is 0 Å². The molecule has 0 aliphatic rings. The number of hydrogen-bond donors (Lipinski definition) is 2. The number of para-hydroxylation sites is 2. The fraction of sp³-hybridized carbons (Fsp3) is 0.474. The SMILES string of the molecule is COc1ccccc1Nc1ncnc(N(CC(C)C)CC(C)C)c1N. The van der Waals surface area contributed by atoms with Crippen LogP contribution in [0.3, 0.4) is 0 Å². The summed E-state index contributed by atoms with van der Waals surface area (Å²) in [6.07, 6.45) is 1.55. The van der Waals surface area contributed by atoms with Crippen molar-refractivity contribution < 1.29 is 4.74 Å². The lowest BCUT2D eigenvalue weighted by atomic mass is 10.1. The average Bonchev–Trinajstić information content (AvgIpc) is 2.56. The van der Waals surface area contributed by atoms with Crippen LogP contribution < -0.4 is 20.7 Å². The monoisotopic (exact) mass is 343 g/mol. The minimum absolute atomic E-state index is 0.513. The van der Waals surface area contributed by atoms with Gasteiger partial charge in [-0.15, -0.1) is 0 Å². The summed E-state index contributed by atoms with van der Waals surface area (Å²) in [5.41, 5.74) is 7.78. The second-order valence-corrected chi connectivity index (χ2v) is 6.98. The molecule has 0 spiro atoms. The lowest BCUT2D eigenvalue weighted by Gasteiger charge is -2.28. The summed E-state index contributed by atoms with van der Waals surface area (Å²) in [6.45, 7) is 10.6. The molecule has 0 saturated carbocycles. The van der Waals surface area contributed by atoms with Gasteiger partial charge in [0.05, 0.1) is 12.8 Å². The van der Waals surface area contributed by atoms with Crippen LogP contribution in [-0.2, 0) is 0 Å². The van der Waals surface area contributed by atoms with Gasteiger partial charge in [0.15, 0.2) is 11.6 Å². The van der Waals surface area contributed by atoms with Crippen LogP contribution in [0.15, 0.2) is 30.6 Å². The number of benzene rings is 1. The van der Waals surface area contributed by atoms with Crippen molar-refractivity contribution in [1.82, 2.24) is 9.97 Å². The van der Waals surface area contributed by atoms with E-state index in [1.54, 1.807) is 13.4 Å². The highest BCUT2D eigenvalue weighted by molar-refractivity contribution is 5.79. The molecule has 0 radical (unpaired) electrons. The zero-order chi connectivity index (χ0) is 18.4. The molecule has 6 heteroatoms. The Balaban J connectivity index is 2.34. The van der Waals surface area contributed by atoms with E-state index in [-0.39, 0.29) is 0 Å². The van der Waals surface area contributed by atoms with E-state index in [0.29, 0.717) is 23.3 Å². The Labute approximate surface area is 150 Å². The van der Waals surface area contributed by atoms with Crippen LogP contribution in [0.2, 0.25) is 0 Å². The van der Waals surface area contributed by atoms with Crippen molar-refractivity contribution in [3.63, 3.8) is 0 Å². The Bertz CT molecular complexity index is 677. The predicted octanol–water partition coefficient (Wildman–Crippen LogP) is 3.93. The minimum Gasteiger partial charge on any atom is -0.495 e. The van der Waals surface area contributed by atoms with E-state index in [1.165, 1.54) is 0 Å². The van der Waals surface area contributed by atoms with Crippen molar-refractivity contribution in [2.24, 2.45) is 11.8 Å². The fourth-order valence-corrected chi connectivity index (χ4v) is 2.74. The number of nitrogens with one attached hydrogen (secondary N) is 1. The quantitative estimate of drug-likeness (QED) is 0.756. The molecule has 1 aromatic heterocycles. The Kier molecular flexibility index (Phi) is 6.44. The lowest BCUT2D eigenvalue weighted by Crippen LogP contribution is -2.32. The molecule has 3 N–H and O–H groups in total. The zero-order valence-corrected chi connectivity index (χ0v) is 15.8. The summed E-state index contributed by atoms with van der Waals surface area (Å²) < 4.78 is 5.38. The highest BCUT2D eigenvalue weighted by atomic mass is 16.5. The van der Waals surface area contributed by atoms with E-state index in [0.717, 1.165) is 30.3 Å². The highest BCUT2D eigenvalue weighted by Gasteiger charge is 2.18. The maximum absolute atomic E-state index is 6.41. The zero-order valence-electron chi connectivity index (χ0n) is 15.8. The van der Waals surface area contributed by atoms with Crippen LogP contribution in [0, 0.1) is 11.8 Å². The molecular formula is C19H29N5O. The van der Waals surface area contributed by atoms with E-state index in [9.17, 15) is 0 Å². The molecule has 0 aliphatic heterocycles. The highest BCUT2D eigenvalue weighted by Crippen LogP contribution is 2.32. The Morgan fingerprint density at radius 3 is 2.32 bits per heavy atom. The molecule has 25 heavy (non-hydrogen) atoms. The number of nitrogens with two attached hydrogens (primary N) is 1. The third-order valence-corrected chi connectivity index (χ3v) is 3.69. The molecule has 136 valence electrons. The second-order valence-electron chi connectivity index (χ2n) is 6.98. The van der Waals surface area contributed by atoms with Gasteiger partial charge in [-0.2, -0.15) is 0 Å². The number of aromatic nitrogens is 2. The van der Waals surface area contributed by atoms with Crippen LogP contribution in [0.25, 0.3) is 0 Å². The smallest absolute Gasteiger partial charge is 0.159 e. The first-order chi connectivity index (χ1) is 11.9. The molecule has 0 amide bonds. The van der Waals surface area contributed by atoms with Gasteiger partial charge >= 0.3 is 0 Å². The van der Waals surface area contributed by atoms with Crippen molar-refractivity contribution in [3.8, 4) is 5.75 Å². The van der Waals surface area contributed by atoms with Gasteiger partial charge in [-0.25, -0.2) is 9.97 Å². The predicted molar refractivity (Wildman–Crippen MR) is 105 cm³/mol. The number of methoxy groups -OCH3 is 1. The van der Waals surface area contributed by atoms with Crippen LogP contribution in [0.4, 0.5) is 23.0 Å². The number of hydrogen-bond acceptors (Lipinski definition) is 6. The third kappa shape index (κ3) is 4.98. The van der Waals surface area contributed by atoms with Gasteiger partial charge in [-0.1, -0.05) is 39.8 Å². The largest absolute Gasteiger partial charge is 0.495 e. The van der Waals surface area contributed by atoms with Crippen molar-refractivity contribution >= 4 is 23.0 Å². The molecule has 0 aliphatic carbocycles. The molecule has 0 fully saturated rings. The van der Waals surface area contributed by atoms with E-state index >= 15 is 0 Å². The van der Waals surface area contributed by atoms with Crippen LogP contribution in [0.5, 0.6) is 5.75 Å². The van der Waals surface area contributed by atoms with Gasteiger partial charge in [-0.3, -0.25) is 0 Å². The van der Waals surface area contributed by atoms with E-state index in [1.807, 2.05) is 24.3 Å². The third-order valence-electron chi connectivity index (χ3n) is 3.69.